The fraction of sp³-hybridized carbons (Fsp3) is 0.278. The summed E-state index contributed by atoms with van der Waals surface area (Å²) >= 11 is 1.05. The van der Waals surface area contributed by atoms with Crippen LogP contribution in [0.15, 0.2) is 41.3 Å². The zero-order valence-electron chi connectivity index (χ0n) is 15.0. The van der Waals surface area contributed by atoms with Gasteiger partial charge in [-0.25, -0.2) is 13.2 Å². The van der Waals surface area contributed by atoms with Gasteiger partial charge in [-0.1, -0.05) is 0 Å². The summed E-state index contributed by atoms with van der Waals surface area (Å²) in [5.41, 5.74) is -1.00. The SMILES string of the molecule is CN(C[C@H]1CO1)S(=O)(=O)c1cc(-c2ccc(/C=C/C(=O)O)s2)cc(C(F)(F)F)c1. The Morgan fingerprint density at radius 1 is 1.34 bits per heavy atom. The van der Waals surface area contributed by atoms with E-state index in [0.29, 0.717) is 22.4 Å². The molecule has 29 heavy (non-hydrogen) atoms. The number of sulfonamides is 1. The predicted molar refractivity (Wildman–Crippen MR) is 101 cm³/mol. The van der Waals surface area contributed by atoms with E-state index >= 15 is 0 Å². The van der Waals surface area contributed by atoms with Crippen molar-refractivity contribution >= 4 is 33.4 Å². The molecular weight excluding hydrogens is 431 g/mol. The van der Waals surface area contributed by atoms with Gasteiger partial charge in [0, 0.05) is 29.4 Å². The predicted octanol–water partition coefficient (Wildman–Crippen LogP) is 3.55. The first-order valence-corrected chi connectivity index (χ1v) is 10.5. The Balaban J connectivity index is 2.03. The van der Waals surface area contributed by atoms with Crippen molar-refractivity contribution in [3.8, 4) is 10.4 Å². The number of ether oxygens (including phenoxy) is 1. The van der Waals surface area contributed by atoms with Crippen LogP contribution in [0.1, 0.15) is 10.4 Å². The smallest absolute Gasteiger partial charge is 0.416 e. The zero-order chi connectivity index (χ0) is 21.4. The third-order valence-electron chi connectivity index (χ3n) is 4.11. The Bertz CT molecular complexity index is 1060. The van der Waals surface area contributed by atoms with Gasteiger partial charge in [0.05, 0.1) is 23.2 Å². The third-order valence-corrected chi connectivity index (χ3v) is 7.01. The van der Waals surface area contributed by atoms with Gasteiger partial charge in [-0.15, -0.1) is 11.3 Å². The summed E-state index contributed by atoms with van der Waals surface area (Å²) in [6, 6.07) is 5.73. The van der Waals surface area contributed by atoms with Crippen molar-refractivity contribution < 1.29 is 36.2 Å². The summed E-state index contributed by atoms with van der Waals surface area (Å²) in [5.74, 6) is -1.16. The lowest BCUT2D eigenvalue weighted by Gasteiger charge is -2.18. The molecule has 0 unspecified atom stereocenters. The maximum atomic E-state index is 13.4. The van der Waals surface area contributed by atoms with Gasteiger partial charge in [-0.2, -0.15) is 17.5 Å². The highest BCUT2D eigenvalue weighted by Crippen LogP contribution is 2.37. The number of nitrogens with zero attached hydrogens (tertiary/aromatic N) is 1. The van der Waals surface area contributed by atoms with Crippen molar-refractivity contribution in [1.82, 2.24) is 4.31 Å². The lowest BCUT2D eigenvalue weighted by Crippen LogP contribution is -2.30. The summed E-state index contributed by atoms with van der Waals surface area (Å²) < 4.78 is 71.7. The molecule has 1 aromatic carbocycles. The fourth-order valence-electron chi connectivity index (χ4n) is 2.54. The molecule has 11 heteroatoms. The van der Waals surface area contributed by atoms with Crippen molar-refractivity contribution in [2.75, 3.05) is 20.2 Å². The highest BCUT2D eigenvalue weighted by molar-refractivity contribution is 7.89. The van der Waals surface area contributed by atoms with E-state index in [4.69, 9.17) is 9.84 Å². The molecule has 0 radical (unpaired) electrons. The number of rotatable bonds is 7. The molecule has 0 aliphatic carbocycles. The highest BCUT2D eigenvalue weighted by atomic mass is 32.2. The first-order chi connectivity index (χ1) is 13.5. The van der Waals surface area contributed by atoms with Crippen LogP contribution in [0, 0.1) is 0 Å². The Morgan fingerprint density at radius 2 is 2.03 bits per heavy atom. The van der Waals surface area contributed by atoms with Crippen LogP contribution in [0.25, 0.3) is 16.5 Å². The number of hydrogen-bond donors (Lipinski definition) is 1. The molecule has 0 spiro atoms. The number of thiophene rings is 1. The van der Waals surface area contributed by atoms with E-state index in [0.717, 1.165) is 27.8 Å². The van der Waals surface area contributed by atoms with Crippen molar-refractivity contribution in [1.29, 1.82) is 0 Å². The number of likely N-dealkylation sites (N-methyl/N-ethyl adjacent to an activating group) is 1. The summed E-state index contributed by atoms with van der Waals surface area (Å²) in [4.78, 5) is 11.0. The van der Waals surface area contributed by atoms with Gasteiger partial charge in [0.2, 0.25) is 10.0 Å². The van der Waals surface area contributed by atoms with E-state index in [2.05, 4.69) is 0 Å². The Kier molecular flexibility index (Phi) is 5.86. The minimum absolute atomic E-state index is 0.0526. The van der Waals surface area contributed by atoms with Crippen LogP contribution in [0.4, 0.5) is 13.2 Å². The molecule has 0 amide bonds. The minimum Gasteiger partial charge on any atom is -0.478 e. The molecular formula is C18H16F3NO5S2. The summed E-state index contributed by atoms with van der Waals surface area (Å²) in [6.07, 6.45) is -2.76. The molecule has 156 valence electrons. The molecule has 3 rings (SSSR count). The molecule has 2 heterocycles. The number of carboxylic acids is 1. The van der Waals surface area contributed by atoms with Crippen molar-refractivity contribution in [3.63, 3.8) is 0 Å². The molecule has 1 atom stereocenters. The number of halogens is 3. The molecule has 1 fully saturated rings. The molecule has 0 saturated carbocycles. The summed E-state index contributed by atoms with van der Waals surface area (Å²) in [7, 11) is -2.87. The van der Waals surface area contributed by atoms with Crippen molar-refractivity contribution in [3.05, 3.63) is 46.8 Å². The average molecular weight is 447 g/mol. The topological polar surface area (TPSA) is 87.2 Å². The Morgan fingerprint density at radius 3 is 2.62 bits per heavy atom. The van der Waals surface area contributed by atoms with Gasteiger partial charge in [-0.05, 0) is 42.0 Å². The molecule has 1 aromatic heterocycles. The molecule has 0 bridgehead atoms. The zero-order valence-corrected chi connectivity index (χ0v) is 16.6. The lowest BCUT2D eigenvalue weighted by molar-refractivity contribution is -0.137. The molecule has 1 aliphatic heterocycles. The van der Waals surface area contributed by atoms with Gasteiger partial charge in [0.25, 0.3) is 0 Å². The van der Waals surface area contributed by atoms with Gasteiger partial charge in [-0.3, -0.25) is 0 Å². The minimum atomic E-state index is -4.73. The van der Waals surface area contributed by atoms with Gasteiger partial charge < -0.3 is 9.84 Å². The van der Waals surface area contributed by atoms with E-state index in [-0.39, 0.29) is 18.2 Å². The number of benzene rings is 1. The van der Waals surface area contributed by atoms with E-state index < -0.39 is 32.6 Å². The monoisotopic (exact) mass is 447 g/mol. The lowest BCUT2D eigenvalue weighted by atomic mass is 10.1. The Labute approximate surface area is 168 Å². The molecule has 1 aliphatic rings. The molecule has 1 saturated heterocycles. The number of carboxylic acid groups (broad SMARTS) is 1. The van der Waals surface area contributed by atoms with Crippen LogP contribution in [0.5, 0.6) is 0 Å². The van der Waals surface area contributed by atoms with E-state index in [1.165, 1.54) is 25.3 Å². The number of epoxide rings is 1. The Hall–Kier alpha value is -2.21. The van der Waals surface area contributed by atoms with Gasteiger partial charge in [0.1, 0.15) is 0 Å². The van der Waals surface area contributed by atoms with E-state index in [9.17, 15) is 26.4 Å². The first-order valence-electron chi connectivity index (χ1n) is 8.28. The van der Waals surface area contributed by atoms with Crippen LogP contribution < -0.4 is 0 Å². The van der Waals surface area contributed by atoms with Crippen LogP contribution in [-0.2, 0) is 25.7 Å². The largest absolute Gasteiger partial charge is 0.478 e. The second-order valence-electron chi connectivity index (χ2n) is 6.36. The fourth-order valence-corrected chi connectivity index (χ4v) is 4.72. The van der Waals surface area contributed by atoms with E-state index in [1.807, 2.05) is 0 Å². The van der Waals surface area contributed by atoms with Gasteiger partial charge >= 0.3 is 12.1 Å². The van der Waals surface area contributed by atoms with Crippen LogP contribution in [0.3, 0.4) is 0 Å². The molecule has 6 nitrogen and oxygen atoms in total. The number of alkyl halides is 3. The van der Waals surface area contributed by atoms with Crippen LogP contribution >= 0.6 is 11.3 Å². The summed E-state index contributed by atoms with van der Waals surface area (Å²) in [5, 5.41) is 8.68. The number of aliphatic carboxylic acids is 1. The maximum absolute atomic E-state index is 13.4. The van der Waals surface area contributed by atoms with Gasteiger partial charge in [0.15, 0.2) is 0 Å². The maximum Gasteiger partial charge on any atom is 0.416 e. The standard InChI is InChI=1S/C18H16F3NO5S2/c1-22(9-13-10-27-13)29(25,26)15-7-11(6-12(8-15)18(19,20)21)16-4-2-14(28-16)3-5-17(23)24/h2-8,13H,9-10H2,1H3,(H,23,24)/b5-3+/t13-/m0/s1. The van der Waals surface area contributed by atoms with Crippen molar-refractivity contribution in [2.24, 2.45) is 0 Å². The quantitative estimate of drug-likeness (QED) is 0.518. The van der Waals surface area contributed by atoms with Crippen LogP contribution in [-0.4, -0.2) is 50.1 Å². The normalized spacial score (nSPS) is 17.2. The first kappa shape index (κ1) is 21.5. The second-order valence-corrected chi connectivity index (χ2v) is 9.52. The van der Waals surface area contributed by atoms with Crippen molar-refractivity contribution in [2.45, 2.75) is 17.2 Å². The average Bonchev–Trinajstić information content (AvgIpc) is 3.32. The third kappa shape index (κ3) is 5.24. The highest BCUT2D eigenvalue weighted by Gasteiger charge is 2.35. The van der Waals surface area contributed by atoms with Crippen LogP contribution in [0.2, 0.25) is 0 Å². The number of carbonyl (C=O) groups is 1. The second kappa shape index (κ2) is 7.90. The summed E-state index contributed by atoms with van der Waals surface area (Å²) in [6.45, 7) is 0.465. The molecule has 2 aromatic rings. The molecule has 1 N–H and O–H groups in total. The number of hydrogen-bond acceptors (Lipinski definition) is 5. The van der Waals surface area contributed by atoms with E-state index in [1.54, 1.807) is 6.07 Å².